The summed E-state index contributed by atoms with van der Waals surface area (Å²) in [6.07, 6.45) is 4.60. The number of nitrogens with zero attached hydrogens (tertiary/aromatic N) is 2. The lowest BCUT2D eigenvalue weighted by Gasteiger charge is -2.10. The highest BCUT2D eigenvalue weighted by Crippen LogP contribution is 2.14. The largest absolute Gasteiger partial charge is 0.323 e. The van der Waals surface area contributed by atoms with Crippen molar-refractivity contribution in [1.82, 2.24) is 9.78 Å². The molecule has 0 fully saturated rings. The van der Waals surface area contributed by atoms with Crippen LogP contribution in [0.15, 0.2) is 67.0 Å². The Morgan fingerprint density at radius 2 is 1.67 bits per heavy atom. The van der Waals surface area contributed by atoms with Crippen molar-refractivity contribution < 1.29 is 4.79 Å². The first-order valence-electron chi connectivity index (χ1n) is 7.96. The quantitative estimate of drug-likeness (QED) is 0.742. The molecule has 24 heavy (non-hydrogen) atoms. The van der Waals surface area contributed by atoms with E-state index in [1.54, 1.807) is 6.20 Å². The molecule has 0 radical (unpaired) electrons. The Morgan fingerprint density at radius 1 is 1.00 bits per heavy atom. The van der Waals surface area contributed by atoms with Crippen molar-refractivity contribution in [2.75, 3.05) is 10.6 Å². The zero-order valence-corrected chi connectivity index (χ0v) is 13.6. The Balaban J connectivity index is 1.63. The fourth-order valence-electron chi connectivity index (χ4n) is 2.49. The van der Waals surface area contributed by atoms with E-state index in [9.17, 15) is 4.79 Å². The molecule has 0 bridgehead atoms. The molecule has 1 aromatic heterocycles. The third-order valence-corrected chi connectivity index (χ3v) is 3.68. The van der Waals surface area contributed by atoms with Crippen molar-refractivity contribution in [1.29, 1.82) is 0 Å². The van der Waals surface area contributed by atoms with Gasteiger partial charge in [0.05, 0.1) is 6.54 Å². The maximum Gasteiger partial charge on any atom is 0.323 e. The summed E-state index contributed by atoms with van der Waals surface area (Å²) >= 11 is 0. The molecule has 0 spiro atoms. The maximum atomic E-state index is 12.2. The number of hydrogen-bond donors (Lipinski definition) is 2. The summed E-state index contributed by atoms with van der Waals surface area (Å²) in [7, 11) is 0. The molecule has 2 amide bonds. The summed E-state index contributed by atoms with van der Waals surface area (Å²) in [4.78, 5) is 12.2. The van der Waals surface area contributed by atoms with Gasteiger partial charge in [-0.15, -0.1) is 0 Å². The minimum atomic E-state index is -0.250. The highest BCUT2D eigenvalue weighted by molar-refractivity contribution is 5.99. The van der Waals surface area contributed by atoms with Gasteiger partial charge in [0.2, 0.25) is 0 Å². The topological polar surface area (TPSA) is 59.0 Å². The summed E-state index contributed by atoms with van der Waals surface area (Å²) in [5.41, 5.74) is 3.81. The number of carbonyl (C=O) groups excluding carboxylic acids is 1. The summed E-state index contributed by atoms with van der Waals surface area (Å²) in [6.45, 7) is 2.76. The van der Waals surface area contributed by atoms with E-state index in [-0.39, 0.29) is 6.03 Å². The van der Waals surface area contributed by atoms with Gasteiger partial charge >= 0.3 is 6.03 Å². The lowest BCUT2D eigenvalue weighted by atomic mass is 10.1. The molecular weight excluding hydrogens is 300 g/mol. The van der Waals surface area contributed by atoms with Gasteiger partial charge in [-0.1, -0.05) is 31.2 Å². The average molecular weight is 320 g/mol. The van der Waals surface area contributed by atoms with E-state index < -0.39 is 0 Å². The van der Waals surface area contributed by atoms with Crippen molar-refractivity contribution in [3.05, 3.63) is 78.1 Å². The zero-order valence-electron chi connectivity index (χ0n) is 13.6. The summed E-state index contributed by atoms with van der Waals surface area (Å²) in [6, 6.07) is 17.2. The lowest BCUT2D eigenvalue weighted by Crippen LogP contribution is -2.19. The fourth-order valence-corrected chi connectivity index (χ4v) is 2.49. The second kappa shape index (κ2) is 7.46. The van der Waals surface area contributed by atoms with Crippen molar-refractivity contribution >= 4 is 17.4 Å². The third-order valence-electron chi connectivity index (χ3n) is 3.68. The average Bonchev–Trinajstić information content (AvgIpc) is 3.08. The first-order valence-corrected chi connectivity index (χ1v) is 7.96. The van der Waals surface area contributed by atoms with E-state index in [4.69, 9.17) is 0 Å². The number of nitrogens with one attached hydrogen (secondary N) is 2. The van der Waals surface area contributed by atoms with Crippen molar-refractivity contribution in [2.45, 2.75) is 19.9 Å². The van der Waals surface area contributed by atoms with Crippen LogP contribution in [0.3, 0.4) is 0 Å². The van der Waals surface area contributed by atoms with E-state index in [1.165, 1.54) is 5.56 Å². The SMILES string of the molecule is CCc1cccc(NC(=O)Nc2cccc(Cn3cccn3)c2)c1. The number of aromatic nitrogens is 2. The van der Waals surface area contributed by atoms with Crippen LogP contribution in [0.25, 0.3) is 0 Å². The fraction of sp³-hybridized carbons (Fsp3) is 0.158. The number of anilines is 2. The normalized spacial score (nSPS) is 10.4. The first kappa shape index (κ1) is 15.8. The van der Waals surface area contributed by atoms with Crippen LogP contribution < -0.4 is 10.6 Å². The van der Waals surface area contributed by atoms with Crippen LogP contribution in [-0.2, 0) is 13.0 Å². The van der Waals surface area contributed by atoms with Gasteiger partial charge in [-0.05, 0) is 47.9 Å². The third kappa shape index (κ3) is 4.23. The van der Waals surface area contributed by atoms with E-state index in [0.29, 0.717) is 6.54 Å². The van der Waals surface area contributed by atoms with Gasteiger partial charge in [0.1, 0.15) is 0 Å². The van der Waals surface area contributed by atoms with Gasteiger partial charge in [-0.25, -0.2) is 4.79 Å². The molecule has 1 heterocycles. The number of aryl methyl sites for hydroxylation is 1. The highest BCUT2D eigenvalue weighted by atomic mass is 16.2. The number of hydrogen-bond acceptors (Lipinski definition) is 2. The van der Waals surface area contributed by atoms with Crippen LogP contribution in [0.2, 0.25) is 0 Å². The molecule has 5 nitrogen and oxygen atoms in total. The highest BCUT2D eigenvalue weighted by Gasteiger charge is 2.04. The Morgan fingerprint density at radius 3 is 2.29 bits per heavy atom. The summed E-state index contributed by atoms with van der Waals surface area (Å²) in [5.74, 6) is 0. The van der Waals surface area contributed by atoms with Gasteiger partial charge in [0, 0.05) is 23.8 Å². The van der Waals surface area contributed by atoms with E-state index >= 15 is 0 Å². The van der Waals surface area contributed by atoms with Crippen molar-refractivity contribution in [3.8, 4) is 0 Å². The van der Waals surface area contributed by atoms with Crippen LogP contribution >= 0.6 is 0 Å². The van der Waals surface area contributed by atoms with E-state index in [1.807, 2.05) is 65.5 Å². The van der Waals surface area contributed by atoms with Crippen LogP contribution in [0, 0.1) is 0 Å². The summed E-state index contributed by atoms with van der Waals surface area (Å²) < 4.78 is 1.84. The van der Waals surface area contributed by atoms with Crippen molar-refractivity contribution in [2.24, 2.45) is 0 Å². The Bertz CT molecular complexity index is 812. The van der Waals surface area contributed by atoms with Crippen LogP contribution in [0.4, 0.5) is 16.2 Å². The zero-order chi connectivity index (χ0) is 16.8. The van der Waals surface area contributed by atoms with E-state index in [2.05, 4.69) is 22.7 Å². The number of rotatable bonds is 5. The smallest absolute Gasteiger partial charge is 0.308 e. The van der Waals surface area contributed by atoms with Crippen LogP contribution in [0.5, 0.6) is 0 Å². The number of carbonyl (C=O) groups is 1. The van der Waals surface area contributed by atoms with Gasteiger partial charge in [-0.2, -0.15) is 5.10 Å². The second-order valence-electron chi connectivity index (χ2n) is 5.54. The Hall–Kier alpha value is -3.08. The summed E-state index contributed by atoms with van der Waals surface area (Å²) in [5, 5.41) is 9.92. The number of urea groups is 1. The van der Waals surface area contributed by atoms with Gasteiger partial charge < -0.3 is 10.6 Å². The molecule has 5 heteroatoms. The van der Waals surface area contributed by atoms with Gasteiger partial charge in [0.15, 0.2) is 0 Å². The molecular formula is C19H20N4O. The predicted octanol–water partition coefficient (Wildman–Crippen LogP) is 4.14. The molecule has 0 saturated heterocycles. The molecule has 3 aromatic rings. The molecule has 2 N–H and O–H groups in total. The molecule has 2 aromatic carbocycles. The predicted molar refractivity (Wildman–Crippen MR) is 96.2 cm³/mol. The molecule has 0 aliphatic rings. The molecule has 0 aliphatic carbocycles. The van der Waals surface area contributed by atoms with E-state index in [0.717, 1.165) is 23.4 Å². The maximum absolute atomic E-state index is 12.2. The number of amides is 2. The second-order valence-corrected chi connectivity index (χ2v) is 5.54. The molecule has 0 unspecified atom stereocenters. The minimum absolute atomic E-state index is 0.250. The molecule has 0 aliphatic heterocycles. The first-order chi connectivity index (χ1) is 11.7. The minimum Gasteiger partial charge on any atom is -0.308 e. The van der Waals surface area contributed by atoms with Gasteiger partial charge in [0.25, 0.3) is 0 Å². The van der Waals surface area contributed by atoms with Crippen molar-refractivity contribution in [3.63, 3.8) is 0 Å². The van der Waals surface area contributed by atoms with Crippen LogP contribution in [0.1, 0.15) is 18.1 Å². The molecule has 122 valence electrons. The molecule has 0 atom stereocenters. The standard InChI is InChI=1S/C19H20N4O/c1-2-15-6-3-8-17(12-15)21-19(24)22-18-9-4-7-16(13-18)14-23-11-5-10-20-23/h3-13H,2,14H2,1H3,(H2,21,22,24). The Labute approximate surface area is 141 Å². The Kier molecular flexibility index (Phi) is 4.91. The monoisotopic (exact) mass is 320 g/mol. The number of benzene rings is 2. The molecule has 0 saturated carbocycles. The van der Waals surface area contributed by atoms with Gasteiger partial charge in [-0.3, -0.25) is 4.68 Å². The van der Waals surface area contributed by atoms with Crippen LogP contribution in [-0.4, -0.2) is 15.8 Å². The molecule has 3 rings (SSSR count). The lowest BCUT2D eigenvalue weighted by molar-refractivity contribution is 0.262.